The van der Waals surface area contributed by atoms with Crippen LogP contribution in [0.5, 0.6) is 17.2 Å². The Morgan fingerprint density at radius 3 is 1.11 bits per heavy atom. The van der Waals surface area contributed by atoms with Crippen LogP contribution in [0, 0.1) is 6.92 Å². The van der Waals surface area contributed by atoms with Crippen molar-refractivity contribution in [3.05, 3.63) is 212 Å². The maximum Gasteiger partial charge on any atom is 0.530 e. The molecule has 9 aromatic carbocycles. The fourth-order valence-corrected chi connectivity index (χ4v) is 8.07. The van der Waals surface area contributed by atoms with E-state index in [9.17, 15) is 0 Å². The quantitative estimate of drug-likeness (QED) is 0.131. The molecule has 0 bridgehead atoms. The molecule has 0 saturated heterocycles. The second-order valence-corrected chi connectivity index (χ2v) is 14.5. The Kier molecular flexibility index (Phi) is 9.53. The summed E-state index contributed by atoms with van der Waals surface area (Å²) in [6.45, 7) is 2.04. The topological polar surface area (TPSA) is 27.7 Å². The average Bonchev–Trinajstić information content (AvgIpc) is 3.25. The molecule has 0 fully saturated rings. The summed E-state index contributed by atoms with van der Waals surface area (Å²) in [6, 6.07) is 71.4. The van der Waals surface area contributed by atoms with E-state index in [4.69, 9.17) is 13.6 Å². The second-order valence-electron chi connectivity index (χ2n) is 13.5. The zero-order valence-electron chi connectivity index (χ0n) is 30.3. The predicted molar refractivity (Wildman–Crippen MR) is 230 cm³/mol. The summed E-state index contributed by atoms with van der Waals surface area (Å²) in [6.07, 6.45) is 0. The first-order valence-corrected chi connectivity index (χ1v) is 19.5. The van der Waals surface area contributed by atoms with Crippen molar-refractivity contribution in [2.45, 2.75) is 6.92 Å². The van der Waals surface area contributed by atoms with E-state index in [1.54, 1.807) is 0 Å². The van der Waals surface area contributed by atoms with Crippen LogP contribution in [0.3, 0.4) is 0 Å². The Bertz CT molecular complexity index is 2570. The monoisotopic (exact) mass is 728 g/mol. The van der Waals surface area contributed by atoms with Crippen LogP contribution < -0.4 is 13.6 Å². The molecule has 0 unspecified atom stereocenters. The second kappa shape index (κ2) is 15.4. The van der Waals surface area contributed by atoms with Crippen LogP contribution >= 0.6 is 8.60 Å². The maximum absolute atomic E-state index is 6.99. The number of aryl methyl sites for hydroxylation is 1. The van der Waals surface area contributed by atoms with Gasteiger partial charge in [-0.3, -0.25) is 0 Å². The lowest BCUT2D eigenvalue weighted by atomic mass is 9.97. The smallest absolute Gasteiger partial charge is 0.408 e. The van der Waals surface area contributed by atoms with Gasteiger partial charge >= 0.3 is 8.60 Å². The lowest BCUT2D eigenvalue weighted by Gasteiger charge is -2.22. The average molecular weight is 729 g/mol. The number of hydrogen-bond donors (Lipinski definition) is 0. The van der Waals surface area contributed by atoms with Gasteiger partial charge in [0.1, 0.15) is 17.2 Å². The first kappa shape index (κ1) is 34.1. The van der Waals surface area contributed by atoms with Crippen molar-refractivity contribution in [2.75, 3.05) is 0 Å². The number of hydrogen-bond acceptors (Lipinski definition) is 3. The highest BCUT2D eigenvalue weighted by Gasteiger charge is 2.25. The molecule has 0 saturated carbocycles. The van der Waals surface area contributed by atoms with Crippen LogP contribution in [-0.2, 0) is 0 Å². The molecule has 0 aliphatic carbocycles. The third kappa shape index (κ3) is 7.44. The van der Waals surface area contributed by atoms with Gasteiger partial charge in [0.05, 0.1) is 0 Å². The highest BCUT2D eigenvalue weighted by Crippen LogP contribution is 2.49. The number of rotatable bonds is 10. The minimum Gasteiger partial charge on any atom is -0.408 e. The van der Waals surface area contributed by atoms with Gasteiger partial charge < -0.3 is 13.6 Å². The summed E-state index contributed by atoms with van der Waals surface area (Å²) in [4.78, 5) is 0. The van der Waals surface area contributed by atoms with Crippen LogP contribution in [0.25, 0.3) is 66.1 Å². The lowest BCUT2D eigenvalue weighted by molar-refractivity contribution is 0.388. The summed E-state index contributed by atoms with van der Waals surface area (Å²) in [5.74, 6) is 2.07. The fourth-order valence-electron chi connectivity index (χ4n) is 6.97. The van der Waals surface area contributed by atoms with Gasteiger partial charge in [-0.15, -0.1) is 0 Å². The Morgan fingerprint density at radius 1 is 0.291 bits per heavy atom. The summed E-state index contributed by atoms with van der Waals surface area (Å²) in [5, 5.41) is 4.36. The predicted octanol–water partition coefficient (Wildman–Crippen LogP) is 14.7. The molecule has 0 aliphatic rings. The summed E-state index contributed by atoms with van der Waals surface area (Å²) in [5.41, 5.74) is 9.67. The van der Waals surface area contributed by atoms with E-state index < -0.39 is 8.60 Å². The van der Waals surface area contributed by atoms with Gasteiger partial charge in [-0.05, 0) is 110 Å². The molecule has 0 aromatic heterocycles. The third-order valence-corrected chi connectivity index (χ3v) is 10.9. The summed E-state index contributed by atoms with van der Waals surface area (Å²) >= 11 is 0. The first-order chi connectivity index (χ1) is 27.1. The van der Waals surface area contributed by atoms with E-state index in [0.717, 1.165) is 60.5 Å². The van der Waals surface area contributed by atoms with Crippen molar-refractivity contribution in [1.82, 2.24) is 0 Å². The molecule has 0 radical (unpaired) electrons. The Hall–Kier alpha value is -6.67. The van der Waals surface area contributed by atoms with Crippen LogP contribution in [0.15, 0.2) is 206 Å². The summed E-state index contributed by atoms with van der Waals surface area (Å²) < 4.78 is 20.7. The van der Waals surface area contributed by atoms with E-state index in [2.05, 4.69) is 158 Å². The van der Waals surface area contributed by atoms with Crippen LogP contribution in [0.2, 0.25) is 0 Å². The third-order valence-electron chi connectivity index (χ3n) is 9.87. The normalized spacial score (nSPS) is 11.2. The van der Waals surface area contributed by atoms with Crippen LogP contribution in [0.1, 0.15) is 5.56 Å². The van der Waals surface area contributed by atoms with Gasteiger partial charge in [-0.25, -0.2) is 0 Å². The van der Waals surface area contributed by atoms with E-state index in [1.165, 1.54) is 11.1 Å². The zero-order chi connectivity index (χ0) is 37.0. The number of fused-ring (bicyclic) bond motifs is 2. The SMILES string of the molecule is Cc1ccccc1OP(Oc1cc2ccc(-c3ccccc3)cc2cc1-c1ccccc1)Oc1cc2ccc(-c3ccccc3)cc2cc1-c1ccccc1. The molecule has 0 heterocycles. The van der Waals surface area contributed by atoms with Crippen LogP contribution in [0.4, 0.5) is 0 Å². The molecule has 0 aliphatic heterocycles. The highest BCUT2D eigenvalue weighted by atomic mass is 31.2. The Morgan fingerprint density at radius 2 is 0.673 bits per heavy atom. The number of benzene rings is 9. The maximum atomic E-state index is 6.99. The van der Waals surface area contributed by atoms with Gasteiger partial charge in [0, 0.05) is 11.1 Å². The fraction of sp³-hybridized carbons (Fsp3) is 0.0196. The molecule has 3 nitrogen and oxygen atoms in total. The molecule has 9 rings (SSSR count). The van der Waals surface area contributed by atoms with Crippen LogP contribution in [-0.4, -0.2) is 0 Å². The van der Waals surface area contributed by atoms with Gasteiger partial charge in [0.2, 0.25) is 0 Å². The van der Waals surface area contributed by atoms with E-state index in [0.29, 0.717) is 17.2 Å². The minimum atomic E-state index is -2.01. The largest absolute Gasteiger partial charge is 0.530 e. The number of para-hydroxylation sites is 1. The van der Waals surface area contributed by atoms with E-state index in [-0.39, 0.29) is 0 Å². The molecular formula is C51H37O3P. The molecule has 0 spiro atoms. The lowest BCUT2D eigenvalue weighted by Crippen LogP contribution is -2.05. The highest BCUT2D eigenvalue weighted by molar-refractivity contribution is 7.43. The van der Waals surface area contributed by atoms with Gasteiger partial charge in [-0.1, -0.05) is 164 Å². The Labute approximate surface area is 323 Å². The van der Waals surface area contributed by atoms with Crippen molar-refractivity contribution < 1.29 is 13.6 Å². The molecule has 0 amide bonds. The van der Waals surface area contributed by atoms with Crippen molar-refractivity contribution in [3.8, 4) is 61.8 Å². The van der Waals surface area contributed by atoms with Gasteiger partial charge in [0.25, 0.3) is 0 Å². The van der Waals surface area contributed by atoms with Crippen molar-refractivity contribution in [1.29, 1.82) is 0 Å². The van der Waals surface area contributed by atoms with E-state index >= 15 is 0 Å². The van der Waals surface area contributed by atoms with E-state index in [1.807, 2.05) is 55.5 Å². The molecular weight excluding hydrogens is 692 g/mol. The molecule has 55 heavy (non-hydrogen) atoms. The van der Waals surface area contributed by atoms with Gasteiger partial charge in [-0.2, -0.15) is 0 Å². The standard InChI is InChI=1S/C51H37O3P/c1-36-16-14-15-25-49(36)52-55(53-50-34-43-28-26-41(37-17-6-2-7-18-37)30-45(43)32-47(50)39-21-10-4-11-22-39)54-51-35-44-29-27-42(38-19-8-3-9-20-38)31-46(44)33-48(51)40-23-12-5-13-24-40/h2-35H,1H3. The zero-order valence-corrected chi connectivity index (χ0v) is 31.2. The molecule has 9 aromatic rings. The molecule has 0 atom stereocenters. The molecule has 0 N–H and O–H groups in total. The van der Waals surface area contributed by atoms with Crippen molar-refractivity contribution in [2.24, 2.45) is 0 Å². The van der Waals surface area contributed by atoms with Crippen molar-refractivity contribution >= 4 is 30.1 Å². The summed E-state index contributed by atoms with van der Waals surface area (Å²) in [7, 11) is -2.01. The minimum absolute atomic E-state index is 0.681. The Balaban J connectivity index is 1.16. The molecule has 264 valence electrons. The first-order valence-electron chi connectivity index (χ1n) is 18.4. The van der Waals surface area contributed by atoms with Crippen molar-refractivity contribution in [3.63, 3.8) is 0 Å². The van der Waals surface area contributed by atoms with Gasteiger partial charge in [0.15, 0.2) is 0 Å². The molecule has 4 heteroatoms.